The minimum atomic E-state index is -0.469. The van der Waals surface area contributed by atoms with Gasteiger partial charge in [0.05, 0.1) is 6.61 Å². The number of nitrogens with one attached hydrogen (secondary N) is 3. The van der Waals surface area contributed by atoms with E-state index in [1.165, 1.54) is 12.8 Å². The number of hydrogen-bond acceptors (Lipinski definition) is 4. The predicted molar refractivity (Wildman–Crippen MR) is 99.4 cm³/mol. The van der Waals surface area contributed by atoms with Crippen molar-refractivity contribution in [3.63, 3.8) is 0 Å². The van der Waals surface area contributed by atoms with E-state index in [1.54, 1.807) is 12.1 Å². The van der Waals surface area contributed by atoms with Crippen LogP contribution in [0, 0.1) is 6.92 Å². The average Bonchev–Trinajstić information content (AvgIpc) is 3.10. The monoisotopic (exact) mass is 367 g/mol. The summed E-state index contributed by atoms with van der Waals surface area (Å²) in [5.74, 6) is -0.198. The number of ether oxygens (including phenoxy) is 1. The van der Waals surface area contributed by atoms with Crippen LogP contribution < -0.4 is 16.0 Å². The van der Waals surface area contributed by atoms with Crippen LogP contribution in [0.4, 0.5) is 5.69 Å². The van der Waals surface area contributed by atoms with Gasteiger partial charge in [0, 0.05) is 30.4 Å². The fraction of sp³-hybridized carbons (Fsp3) is 0.556. The summed E-state index contributed by atoms with van der Waals surface area (Å²) in [6, 6.07) is 5.66. The zero-order valence-electron chi connectivity index (χ0n) is 14.5. The highest BCUT2D eigenvalue weighted by Gasteiger charge is 2.22. The highest BCUT2D eigenvalue weighted by Crippen LogP contribution is 2.20. The minimum absolute atomic E-state index is 0. The number of halogens is 1. The molecule has 1 saturated heterocycles. The van der Waals surface area contributed by atoms with Crippen molar-refractivity contribution in [1.82, 2.24) is 10.6 Å². The van der Waals surface area contributed by atoms with Crippen LogP contribution in [0.25, 0.3) is 0 Å². The molecule has 3 rings (SSSR count). The van der Waals surface area contributed by atoms with Crippen molar-refractivity contribution in [2.24, 2.45) is 0 Å². The molecule has 6 nitrogen and oxygen atoms in total. The lowest BCUT2D eigenvalue weighted by Gasteiger charge is -2.23. The molecular formula is C18H26ClN3O3. The smallest absolute Gasteiger partial charge is 0.254 e. The molecule has 1 aromatic rings. The Kier molecular flexibility index (Phi) is 7.23. The molecule has 1 aliphatic heterocycles. The summed E-state index contributed by atoms with van der Waals surface area (Å²) >= 11 is 0. The molecular weight excluding hydrogens is 342 g/mol. The van der Waals surface area contributed by atoms with Crippen molar-refractivity contribution in [2.75, 3.05) is 25.0 Å². The standard InChI is InChI=1S/C18H25N3O3.ClH/c1-12-10-13(17(22)20-14-4-2-3-5-14)6-7-15(12)21-18(23)16-11-19-8-9-24-16;/h6-7,10,14,16,19H,2-5,8-9,11H2,1H3,(H,20,22)(H,21,23);1H. The van der Waals surface area contributed by atoms with Crippen LogP contribution in [-0.4, -0.2) is 43.7 Å². The lowest BCUT2D eigenvalue weighted by molar-refractivity contribution is -0.128. The molecule has 1 unspecified atom stereocenters. The second-order valence-electron chi connectivity index (χ2n) is 6.54. The van der Waals surface area contributed by atoms with Crippen molar-refractivity contribution in [2.45, 2.75) is 44.8 Å². The number of carbonyl (C=O) groups is 2. The van der Waals surface area contributed by atoms with Crippen molar-refractivity contribution in [3.05, 3.63) is 29.3 Å². The average molecular weight is 368 g/mol. The van der Waals surface area contributed by atoms with E-state index in [4.69, 9.17) is 4.74 Å². The summed E-state index contributed by atoms with van der Waals surface area (Å²) in [5, 5.41) is 9.10. The van der Waals surface area contributed by atoms with E-state index in [-0.39, 0.29) is 24.2 Å². The van der Waals surface area contributed by atoms with Gasteiger partial charge < -0.3 is 20.7 Å². The van der Waals surface area contributed by atoms with E-state index in [0.29, 0.717) is 30.4 Å². The summed E-state index contributed by atoms with van der Waals surface area (Å²) < 4.78 is 5.45. The van der Waals surface area contributed by atoms with Crippen molar-refractivity contribution in [3.8, 4) is 0 Å². The Balaban J connectivity index is 0.00000225. The Morgan fingerprint density at radius 1 is 1.24 bits per heavy atom. The van der Waals surface area contributed by atoms with Gasteiger partial charge in [-0.15, -0.1) is 12.4 Å². The molecule has 1 atom stereocenters. The van der Waals surface area contributed by atoms with Crippen LogP contribution in [0.5, 0.6) is 0 Å². The maximum absolute atomic E-state index is 12.3. The third-order valence-corrected chi connectivity index (χ3v) is 4.66. The zero-order valence-corrected chi connectivity index (χ0v) is 15.3. The number of morpholine rings is 1. The summed E-state index contributed by atoms with van der Waals surface area (Å²) in [5.41, 5.74) is 2.21. The topological polar surface area (TPSA) is 79.5 Å². The van der Waals surface area contributed by atoms with Crippen molar-refractivity contribution >= 4 is 29.9 Å². The first-order valence-electron chi connectivity index (χ1n) is 8.68. The van der Waals surface area contributed by atoms with E-state index in [2.05, 4.69) is 16.0 Å². The number of anilines is 1. The molecule has 2 fully saturated rings. The van der Waals surface area contributed by atoms with E-state index < -0.39 is 6.10 Å². The van der Waals surface area contributed by atoms with E-state index in [1.807, 2.05) is 13.0 Å². The molecule has 0 spiro atoms. The van der Waals surface area contributed by atoms with Gasteiger partial charge in [0.1, 0.15) is 6.10 Å². The summed E-state index contributed by atoms with van der Waals surface area (Å²) in [7, 11) is 0. The molecule has 0 radical (unpaired) electrons. The fourth-order valence-corrected chi connectivity index (χ4v) is 3.23. The van der Waals surface area contributed by atoms with Gasteiger partial charge in [0.15, 0.2) is 0 Å². The molecule has 1 aromatic carbocycles. The quantitative estimate of drug-likeness (QED) is 0.760. The van der Waals surface area contributed by atoms with Crippen LogP contribution in [0.2, 0.25) is 0 Å². The third-order valence-electron chi connectivity index (χ3n) is 4.66. The van der Waals surface area contributed by atoms with Crippen LogP contribution in [-0.2, 0) is 9.53 Å². The van der Waals surface area contributed by atoms with Gasteiger partial charge in [-0.1, -0.05) is 12.8 Å². The van der Waals surface area contributed by atoms with Gasteiger partial charge in [-0.3, -0.25) is 9.59 Å². The molecule has 1 aliphatic carbocycles. The highest BCUT2D eigenvalue weighted by molar-refractivity contribution is 5.98. The molecule has 0 bridgehead atoms. The van der Waals surface area contributed by atoms with E-state index >= 15 is 0 Å². The predicted octanol–water partition coefficient (Wildman–Crippen LogP) is 2.02. The second-order valence-corrected chi connectivity index (χ2v) is 6.54. The molecule has 3 N–H and O–H groups in total. The minimum Gasteiger partial charge on any atom is -0.366 e. The molecule has 2 amide bonds. The number of benzene rings is 1. The number of rotatable bonds is 4. The highest BCUT2D eigenvalue weighted by atomic mass is 35.5. The van der Waals surface area contributed by atoms with Crippen molar-refractivity contribution in [1.29, 1.82) is 0 Å². The largest absolute Gasteiger partial charge is 0.366 e. The van der Waals surface area contributed by atoms with Gasteiger partial charge in [0.25, 0.3) is 11.8 Å². The zero-order chi connectivity index (χ0) is 16.9. The van der Waals surface area contributed by atoms with Gasteiger partial charge in [-0.2, -0.15) is 0 Å². The van der Waals surface area contributed by atoms with Crippen LogP contribution in [0.15, 0.2) is 18.2 Å². The number of carbonyl (C=O) groups excluding carboxylic acids is 2. The molecule has 1 heterocycles. The Hall–Kier alpha value is -1.63. The number of aryl methyl sites for hydroxylation is 1. The second kappa shape index (κ2) is 9.17. The summed E-state index contributed by atoms with van der Waals surface area (Å²) in [4.78, 5) is 24.5. The normalized spacial score (nSPS) is 20.6. The van der Waals surface area contributed by atoms with Gasteiger partial charge >= 0.3 is 0 Å². The third kappa shape index (κ3) is 5.17. The Bertz CT molecular complexity index is 612. The molecule has 7 heteroatoms. The first-order valence-corrected chi connectivity index (χ1v) is 8.68. The van der Waals surface area contributed by atoms with E-state index in [0.717, 1.165) is 24.9 Å². The molecule has 2 aliphatic rings. The first kappa shape index (κ1) is 19.7. The molecule has 1 saturated carbocycles. The Morgan fingerprint density at radius 3 is 2.64 bits per heavy atom. The van der Waals surface area contributed by atoms with Crippen LogP contribution in [0.3, 0.4) is 0 Å². The Labute approximate surface area is 154 Å². The molecule has 0 aromatic heterocycles. The van der Waals surface area contributed by atoms with E-state index in [9.17, 15) is 9.59 Å². The summed E-state index contributed by atoms with van der Waals surface area (Å²) in [6.45, 7) is 3.72. The fourth-order valence-electron chi connectivity index (χ4n) is 3.23. The molecule has 25 heavy (non-hydrogen) atoms. The van der Waals surface area contributed by atoms with Gasteiger partial charge in [-0.05, 0) is 43.5 Å². The Morgan fingerprint density at radius 2 is 2.00 bits per heavy atom. The number of hydrogen-bond donors (Lipinski definition) is 3. The lowest BCUT2D eigenvalue weighted by atomic mass is 10.1. The lowest BCUT2D eigenvalue weighted by Crippen LogP contribution is -2.45. The maximum Gasteiger partial charge on any atom is 0.254 e. The summed E-state index contributed by atoms with van der Waals surface area (Å²) in [6.07, 6.45) is 4.03. The van der Waals surface area contributed by atoms with Crippen LogP contribution >= 0.6 is 12.4 Å². The van der Waals surface area contributed by atoms with Gasteiger partial charge in [-0.25, -0.2) is 0 Å². The number of amides is 2. The molecule has 138 valence electrons. The maximum atomic E-state index is 12.3. The SMILES string of the molecule is Cc1cc(C(=O)NC2CCCC2)ccc1NC(=O)C1CNCCO1.Cl. The van der Waals surface area contributed by atoms with Gasteiger partial charge in [0.2, 0.25) is 0 Å². The first-order chi connectivity index (χ1) is 11.6. The van der Waals surface area contributed by atoms with Crippen LogP contribution in [0.1, 0.15) is 41.6 Å². The van der Waals surface area contributed by atoms with Crippen molar-refractivity contribution < 1.29 is 14.3 Å².